The van der Waals surface area contributed by atoms with Crippen molar-refractivity contribution in [2.75, 3.05) is 13.2 Å². The summed E-state index contributed by atoms with van der Waals surface area (Å²) < 4.78 is 30.1. The molecule has 6 heteroatoms. The Bertz CT molecular complexity index is 485. The van der Waals surface area contributed by atoms with E-state index in [-0.39, 0.29) is 30.3 Å². The minimum Gasteiger partial charge on any atom is -0.488 e. The largest absolute Gasteiger partial charge is 0.488 e. The number of aromatic carboxylic acids is 1. The van der Waals surface area contributed by atoms with Crippen LogP contribution in [-0.2, 0) is 9.47 Å². The van der Waals surface area contributed by atoms with Crippen molar-refractivity contribution >= 4 is 5.97 Å². The van der Waals surface area contributed by atoms with E-state index in [1.807, 2.05) is 6.92 Å². The van der Waals surface area contributed by atoms with Crippen molar-refractivity contribution in [3.63, 3.8) is 0 Å². The van der Waals surface area contributed by atoms with E-state index in [2.05, 4.69) is 0 Å². The summed E-state index contributed by atoms with van der Waals surface area (Å²) in [5.41, 5.74) is -0.111. The minimum absolute atomic E-state index is 0.0139. The van der Waals surface area contributed by atoms with E-state index in [1.165, 1.54) is 12.1 Å². The zero-order chi connectivity index (χ0) is 15.2. The van der Waals surface area contributed by atoms with E-state index >= 15 is 0 Å². The third-order valence-electron chi connectivity index (χ3n) is 3.17. The topological polar surface area (TPSA) is 65.0 Å². The van der Waals surface area contributed by atoms with Crippen molar-refractivity contribution in [2.24, 2.45) is 0 Å². The average Bonchev–Trinajstić information content (AvgIpc) is 2.47. The van der Waals surface area contributed by atoms with Crippen LogP contribution in [0.15, 0.2) is 18.2 Å². The van der Waals surface area contributed by atoms with Crippen molar-refractivity contribution in [2.45, 2.75) is 38.6 Å². The van der Waals surface area contributed by atoms with Crippen molar-refractivity contribution in [3.05, 3.63) is 29.6 Å². The van der Waals surface area contributed by atoms with Gasteiger partial charge in [0.25, 0.3) is 0 Å². The summed E-state index contributed by atoms with van der Waals surface area (Å²) in [6.07, 6.45) is 2.50. The van der Waals surface area contributed by atoms with Crippen LogP contribution in [0.5, 0.6) is 5.75 Å². The Morgan fingerprint density at radius 3 is 2.95 bits per heavy atom. The molecule has 0 saturated carbocycles. The van der Waals surface area contributed by atoms with Crippen molar-refractivity contribution in [3.8, 4) is 5.75 Å². The molecule has 0 radical (unpaired) electrons. The van der Waals surface area contributed by atoms with Gasteiger partial charge in [-0.3, -0.25) is 0 Å². The van der Waals surface area contributed by atoms with Gasteiger partial charge in [0.05, 0.1) is 11.7 Å². The van der Waals surface area contributed by atoms with Gasteiger partial charge >= 0.3 is 5.97 Å². The summed E-state index contributed by atoms with van der Waals surface area (Å²) in [6, 6.07) is 3.55. The predicted molar refractivity (Wildman–Crippen MR) is 73.0 cm³/mol. The molecule has 1 fully saturated rings. The van der Waals surface area contributed by atoms with E-state index in [1.54, 1.807) is 0 Å². The number of carboxylic acid groups (broad SMARTS) is 1. The number of hydrogen-bond donors (Lipinski definition) is 1. The molecule has 0 spiro atoms. The second kappa shape index (κ2) is 7.38. The molecule has 21 heavy (non-hydrogen) atoms. The monoisotopic (exact) mass is 298 g/mol. The van der Waals surface area contributed by atoms with E-state index in [0.717, 1.165) is 25.3 Å². The lowest BCUT2D eigenvalue weighted by molar-refractivity contribution is -0.189. The minimum atomic E-state index is -1.17. The standard InChI is InChI=1S/C15H19FO5/c1-10(21-14-4-2-3-7-19-14)9-20-13-6-5-11(15(17)18)8-12(13)16/h5-6,8,10,14H,2-4,7,9H2,1H3,(H,17,18)/t10-,14?/m0/s1. The van der Waals surface area contributed by atoms with Crippen molar-refractivity contribution in [1.82, 2.24) is 0 Å². The van der Waals surface area contributed by atoms with Gasteiger partial charge in [-0.05, 0) is 44.4 Å². The van der Waals surface area contributed by atoms with Gasteiger partial charge in [0.1, 0.15) is 6.61 Å². The summed E-state index contributed by atoms with van der Waals surface area (Å²) in [4.78, 5) is 10.7. The van der Waals surface area contributed by atoms with Gasteiger partial charge in [0.2, 0.25) is 0 Å². The number of hydrogen-bond acceptors (Lipinski definition) is 4. The third-order valence-corrected chi connectivity index (χ3v) is 3.17. The molecule has 0 amide bonds. The van der Waals surface area contributed by atoms with Gasteiger partial charge in [0.15, 0.2) is 17.9 Å². The first-order chi connectivity index (χ1) is 10.1. The average molecular weight is 298 g/mol. The Morgan fingerprint density at radius 2 is 2.33 bits per heavy atom. The Labute approximate surface area is 122 Å². The first-order valence-corrected chi connectivity index (χ1v) is 6.99. The summed E-state index contributed by atoms with van der Waals surface area (Å²) >= 11 is 0. The van der Waals surface area contributed by atoms with Gasteiger partial charge in [-0.1, -0.05) is 0 Å². The lowest BCUT2D eigenvalue weighted by Gasteiger charge is -2.26. The molecule has 1 saturated heterocycles. The van der Waals surface area contributed by atoms with E-state index in [4.69, 9.17) is 19.3 Å². The molecular formula is C15H19FO5. The van der Waals surface area contributed by atoms with Crippen LogP contribution in [0.1, 0.15) is 36.5 Å². The van der Waals surface area contributed by atoms with Crippen molar-refractivity contribution in [1.29, 1.82) is 0 Å². The molecule has 1 heterocycles. The summed E-state index contributed by atoms with van der Waals surface area (Å²) in [6.45, 7) is 2.69. The first kappa shape index (κ1) is 15.7. The zero-order valence-electron chi connectivity index (χ0n) is 11.9. The fourth-order valence-electron chi connectivity index (χ4n) is 2.07. The van der Waals surface area contributed by atoms with Gasteiger partial charge < -0.3 is 19.3 Å². The fraction of sp³-hybridized carbons (Fsp3) is 0.533. The number of carboxylic acids is 1. The highest BCUT2D eigenvalue weighted by atomic mass is 19.1. The van der Waals surface area contributed by atoms with Crippen LogP contribution < -0.4 is 4.74 Å². The molecule has 0 aliphatic carbocycles. The van der Waals surface area contributed by atoms with Crippen LogP contribution >= 0.6 is 0 Å². The van der Waals surface area contributed by atoms with Gasteiger partial charge in [0, 0.05) is 6.61 Å². The van der Waals surface area contributed by atoms with Crippen LogP contribution in [0.4, 0.5) is 4.39 Å². The highest BCUT2D eigenvalue weighted by Gasteiger charge is 2.18. The van der Waals surface area contributed by atoms with E-state index < -0.39 is 11.8 Å². The van der Waals surface area contributed by atoms with Crippen LogP contribution in [0.2, 0.25) is 0 Å². The van der Waals surface area contributed by atoms with Gasteiger partial charge in [-0.15, -0.1) is 0 Å². The third kappa shape index (κ3) is 4.68. The Kier molecular flexibility index (Phi) is 5.52. The first-order valence-electron chi connectivity index (χ1n) is 6.99. The molecule has 1 aromatic carbocycles. The Morgan fingerprint density at radius 1 is 1.52 bits per heavy atom. The molecule has 2 atom stereocenters. The maximum atomic E-state index is 13.7. The summed E-state index contributed by atoms with van der Waals surface area (Å²) in [7, 11) is 0. The molecule has 1 unspecified atom stereocenters. The fourth-order valence-corrected chi connectivity index (χ4v) is 2.07. The molecule has 116 valence electrons. The molecular weight excluding hydrogens is 279 g/mol. The van der Waals surface area contributed by atoms with Gasteiger partial charge in [-0.2, -0.15) is 0 Å². The number of halogens is 1. The number of benzene rings is 1. The zero-order valence-corrected chi connectivity index (χ0v) is 11.9. The highest BCUT2D eigenvalue weighted by Crippen LogP contribution is 2.20. The molecule has 2 rings (SSSR count). The summed E-state index contributed by atoms with van der Waals surface area (Å²) in [5.74, 6) is -1.86. The molecule has 1 N–H and O–H groups in total. The van der Waals surface area contributed by atoms with Crippen LogP contribution in [-0.4, -0.2) is 36.7 Å². The van der Waals surface area contributed by atoms with Crippen molar-refractivity contribution < 1.29 is 28.5 Å². The maximum absolute atomic E-state index is 13.7. The smallest absolute Gasteiger partial charge is 0.335 e. The second-order valence-electron chi connectivity index (χ2n) is 5.00. The number of carbonyl (C=O) groups is 1. The molecule has 1 aromatic rings. The number of rotatable bonds is 6. The van der Waals surface area contributed by atoms with Crippen LogP contribution in [0.25, 0.3) is 0 Å². The Hall–Kier alpha value is -1.66. The van der Waals surface area contributed by atoms with Crippen LogP contribution in [0, 0.1) is 5.82 Å². The SMILES string of the molecule is C[C@@H](COc1ccc(C(=O)O)cc1F)OC1CCCCO1. The highest BCUT2D eigenvalue weighted by molar-refractivity contribution is 5.87. The van der Waals surface area contributed by atoms with E-state index in [0.29, 0.717) is 6.61 Å². The molecule has 5 nitrogen and oxygen atoms in total. The van der Waals surface area contributed by atoms with E-state index in [9.17, 15) is 9.18 Å². The lowest BCUT2D eigenvalue weighted by Crippen LogP contribution is -2.29. The maximum Gasteiger partial charge on any atom is 0.335 e. The normalized spacial score (nSPS) is 20.0. The quantitative estimate of drug-likeness (QED) is 0.875. The summed E-state index contributed by atoms with van der Waals surface area (Å²) in [5, 5.41) is 8.76. The molecule has 0 aromatic heterocycles. The molecule has 0 bridgehead atoms. The molecule has 1 aliphatic heterocycles. The van der Waals surface area contributed by atoms with Gasteiger partial charge in [-0.25, -0.2) is 9.18 Å². The Balaban J connectivity index is 1.83. The predicted octanol–water partition coefficient (Wildman–Crippen LogP) is 2.83. The number of ether oxygens (including phenoxy) is 3. The molecule has 1 aliphatic rings. The van der Waals surface area contributed by atoms with Crippen LogP contribution in [0.3, 0.4) is 0 Å². The second-order valence-corrected chi connectivity index (χ2v) is 5.00. The lowest BCUT2D eigenvalue weighted by atomic mass is 10.2.